The Labute approximate surface area is 135 Å². The summed E-state index contributed by atoms with van der Waals surface area (Å²) >= 11 is 0. The third-order valence-corrected chi connectivity index (χ3v) is 3.38. The van der Waals surface area contributed by atoms with Crippen LogP contribution in [-0.2, 0) is 0 Å². The van der Waals surface area contributed by atoms with Gasteiger partial charge in [0.1, 0.15) is 6.21 Å². The van der Waals surface area contributed by atoms with Crippen molar-refractivity contribution >= 4 is 18.8 Å². The standard InChI is InChI=1S/C18H18N4O/c23-16-22(20-14-18-9-5-2-6-10-18)12-11-21(15-22)19-13-17-7-3-1-4-8-17/h1-15,23H,16H2/q+2. The van der Waals surface area contributed by atoms with Gasteiger partial charge < -0.3 is 5.11 Å². The lowest BCUT2D eigenvalue weighted by molar-refractivity contribution is -0.818. The summed E-state index contributed by atoms with van der Waals surface area (Å²) in [6, 6.07) is 19.6. The van der Waals surface area contributed by atoms with Crippen molar-refractivity contribution in [1.82, 2.24) is 0 Å². The number of quaternary nitrogens is 1. The fourth-order valence-corrected chi connectivity index (χ4v) is 2.11. The molecule has 1 unspecified atom stereocenters. The second-order valence-corrected chi connectivity index (χ2v) is 5.13. The number of hydrogen-bond donors (Lipinski definition) is 1. The predicted octanol–water partition coefficient (Wildman–Crippen LogP) is 2.35. The number of hydrogen-bond acceptors (Lipinski definition) is 3. The van der Waals surface area contributed by atoms with E-state index in [-0.39, 0.29) is 11.3 Å². The van der Waals surface area contributed by atoms with E-state index in [1.54, 1.807) is 35.9 Å². The van der Waals surface area contributed by atoms with Crippen LogP contribution in [0.4, 0.5) is 0 Å². The van der Waals surface area contributed by atoms with Crippen LogP contribution in [0.15, 0.2) is 83.3 Å². The topological polar surface area (TPSA) is 48.0 Å². The first-order valence-electron chi connectivity index (χ1n) is 7.31. The molecular formula is C18H18N4O+2. The number of hydrazone groups is 1. The first-order valence-corrected chi connectivity index (χ1v) is 7.31. The van der Waals surface area contributed by atoms with E-state index in [0.717, 1.165) is 11.1 Å². The van der Waals surface area contributed by atoms with Crippen molar-refractivity contribution in [2.24, 2.45) is 10.2 Å². The average Bonchev–Trinajstić information content (AvgIpc) is 3.04. The number of aliphatic hydroxyl groups is 1. The highest BCUT2D eigenvalue weighted by atomic mass is 16.3. The summed E-state index contributed by atoms with van der Waals surface area (Å²) in [4.78, 5) is 0. The Bertz CT molecular complexity index is 766. The van der Waals surface area contributed by atoms with Gasteiger partial charge in [-0.2, -0.15) is 0 Å². The van der Waals surface area contributed by atoms with Gasteiger partial charge in [-0.3, -0.25) is 0 Å². The highest BCUT2D eigenvalue weighted by Gasteiger charge is 2.34. The summed E-state index contributed by atoms with van der Waals surface area (Å²) in [7, 11) is 0. The lowest BCUT2D eigenvalue weighted by atomic mass is 10.2. The second kappa shape index (κ2) is 6.91. The molecule has 0 saturated carbocycles. The molecule has 0 aromatic heterocycles. The zero-order valence-corrected chi connectivity index (χ0v) is 12.6. The smallest absolute Gasteiger partial charge is 0.345 e. The minimum Gasteiger partial charge on any atom is -0.345 e. The molecule has 1 N–H and O–H groups in total. The van der Waals surface area contributed by atoms with Crippen LogP contribution in [0.3, 0.4) is 0 Å². The molecule has 0 bridgehead atoms. The number of benzene rings is 2. The van der Waals surface area contributed by atoms with Crippen LogP contribution < -0.4 is 0 Å². The SMILES string of the molecule is OC[N+]1(N=Cc2ccccc2)C=C[N+](N=Cc2ccccc2)=C1. The Hall–Kier alpha value is -2.89. The fourth-order valence-electron chi connectivity index (χ4n) is 2.11. The maximum Gasteiger partial charge on any atom is 0.396 e. The molecule has 0 radical (unpaired) electrons. The van der Waals surface area contributed by atoms with Crippen LogP contribution in [-0.4, -0.2) is 39.9 Å². The normalized spacial score (nSPS) is 20.5. The van der Waals surface area contributed by atoms with Crippen molar-refractivity contribution < 1.29 is 14.4 Å². The Morgan fingerprint density at radius 3 is 2.13 bits per heavy atom. The summed E-state index contributed by atoms with van der Waals surface area (Å²) in [5.74, 6) is 0. The molecule has 3 rings (SSSR count). The van der Waals surface area contributed by atoms with Crippen molar-refractivity contribution in [3.05, 3.63) is 84.2 Å². The molecule has 0 amide bonds. The third-order valence-electron chi connectivity index (χ3n) is 3.38. The van der Waals surface area contributed by atoms with Crippen LogP contribution in [0, 0.1) is 0 Å². The lowest BCUT2D eigenvalue weighted by Crippen LogP contribution is -2.36. The van der Waals surface area contributed by atoms with Crippen LogP contribution >= 0.6 is 0 Å². The summed E-state index contributed by atoms with van der Waals surface area (Å²) in [6.07, 6.45) is 8.79. The monoisotopic (exact) mass is 306 g/mol. The molecule has 1 aliphatic rings. The molecular weight excluding hydrogens is 288 g/mol. The molecule has 23 heavy (non-hydrogen) atoms. The lowest BCUT2D eigenvalue weighted by Gasteiger charge is -2.11. The van der Waals surface area contributed by atoms with Gasteiger partial charge in [-0.25, -0.2) is 0 Å². The molecule has 5 nitrogen and oxygen atoms in total. The van der Waals surface area contributed by atoms with E-state index in [2.05, 4.69) is 10.2 Å². The fraction of sp³-hybridized carbons (Fsp3) is 0.0556. The Morgan fingerprint density at radius 2 is 1.52 bits per heavy atom. The van der Waals surface area contributed by atoms with Gasteiger partial charge in [0, 0.05) is 5.10 Å². The van der Waals surface area contributed by atoms with Gasteiger partial charge in [-0.1, -0.05) is 70.4 Å². The van der Waals surface area contributed by atoms with Gasteiger partial charge in [0.25, 0.3) is 6.20 Å². The first kappa shape index (κ1) is 15.0. The van der Waals surface area contributed by atoms with Gasteiger partial charge in [-0.05, 0) is 15.8 Å². The minimum absolute atomic E-state index is 0.0407. The maximum absolute atomic E-state index is 9.70. The van der Waals surface area contributed by atoms with Gasteiger partial charge in [0.15, 0.2) is 0 Å². The van der Waals surface area contributed by atoms with E-state index >= 15 is 0 Å². The molecule has 0 fully saturated rings. The number of rotatable bonds is 5. The zero-order valence-electron chi connectivity index (χ0n) is 12.6. The largest absolute Gasteiger partial charge is 0.396 e. The van der Waals surface area contributed by atoms with Crippen molar-refractivity contribution in [2.75, 3.05) is 6.73 Å². The summed E-state index contributed by atoms with van der Waals surface area (Å²) in [5.41, 5.74) is 1.99. The summed E-state index contributed by atoms with van der Waals surface area (Å²) < 4.78 is 1.60. The van der Waals surface area contributed by atoms with Gasteiger partial charge in [0.2, 0.25) is 12.9 Å². The van der Waals surface area contributed by atoms with Crippen molar-refractivity contribution in [3.8, 4) is 0 Å². The van der Waals surface area contributed by atoms with Gasteiger partial charge >= 0.3 is 6.34 Å². The van der Waals surface area contributed by atoms with Crippen LogP contribution in [0.5, 0.6) is 0 Å². The van der Waals surface area contributed by atoms with Crippen LogP contribution in [0.2, 0.25) is 0 Å². The van der Waals surface area contributed by atoms with E-state index in [1.165, 1.54) is 0 Å². The van der Waals surface area contributed by atoms with Crippen molar-refractivity contribution in [3.63, 3.8) is 0 Å². The summed E-state index contributed by atoms with van der Waals surface area (Å²) in [5, 5.41) is 18.5. The molecule has 2 aromatic carbocycles. The van der Waals surface area contributed by atoms with E-state index in [0.29, 0.717) is 0 Å². The van der Waals surface area contributed by atoms with E-state index in [1.807, 2.05) is 60.7 Å². The van der Waals surface area contributed by atoms with E-state index in [4.69, 9.17) is 0 Å². The first-order chi connectivity index (χ1) is 11.3. The van der Waals surface area contributed by atoms with Gasteiger partial charge in [-0.15, -0.1) is 0 Å². The predicted molar refractivity (Wildman–Crippen MR) is 90.9 cm³/mol. The number of aliphatic hydroxyl groups excluding tert-OH is 1. The molecule has 0 spiro atoms. The zero-order chi connectivity index (χ0) is 16.0. The average molecular weight is 306 g/mol. The molecule has 0 saturated heterocycles. The van der Waals surface area contributed by atoms with Crippen molar-refractivity contribution in [2.45, 2.75) is 0 Å². The molecule has 114 valence electrons. The highest BCUT2D eigenvalue weighted by molar-refractivity contribution is 5.79. The maximum atomic E-state index is 9.70. The molecule has 1 heterocycles. The second-order valence-electron chi connectivity index (χ2n) is 5.13. The van der Waals surface area contributed by atoms with Crippen LogP contribution in [0.1, 0.15) is 11.1 Å². The Kier molecular flexibility index (Phi) is 4.52. The Morgan fingerprint density at radius 1 is 0.913 bits per heavy atom. The molecule has 0 aliphatic carbocycles. The van der Waals surface area contributed by atoms with E-state index < -0.39 is 0 Å². The molecule has 1 atom stereocenters. The highest BCUT2D eigenvalue weighted by Crippen LogP contribution is 2.11. The quantitative estimate of drug-likeness (QED) is 0.514. The summed E-state index contributed by atoms with van der Waals surface area (Å²) in [6.45, 7) is -0.169. The van der Waals surface area contributed by atoms with E-state index in [9.17, 15) is 5.11 Å². The third kappa shape index (κ3) is 3.85. The Balaban J connectivity index is 1.77. The molecule has 2 aromatic rings. The number of nitrogens with zero attached hydrogens (tertiary/aromatic N) is 4. The van der Waals surface area contributed by atoms with Crippen LogP contribution in [0.25, 0.3) is 0 Å². The van der Waals surface area contributed by atoms with Crippen molar-refractivity contribution in [1.29, 1.82) is 0 Å². The molecule has 1 aliphatic heterocycles. The minimum atomic E-state index is -0.169. The molecule has 5 heteroatoms. The van der Waals surface area contributed by atoms with Gasteiger partial charge in [0.05, 0.1) is 6.21 Å².